The molecular weight excluding hydrogens is 174 g/mol. The van der Waals surface area contributed by atoms with Crippen LogP contribution in [0.15, 0.2) is 18.2 Å². The second-order valence-corrected chi connectivity index (χ2v) is 3.57. The second kappa shape index (κ2) is 3.80. The standard InChI is InChI=1S/C11H15N3/c1-8-4-2-5-9-10(6-3-7-12)13-14-11(8)9/h2,4-5H,3,6-7,12H2,1H3,(H,13,14). The highest BCUT2D eigenvalue weighted by molar-refractivity contribution is 5.84. The lowest BCUT2D eigenvalue weighted by molar-refractivity contribution is 0.808. The van der Waals surface area contributed by atoms with Crippen LogP contribution in [-0.4, -0.2) is 16.7 Å². The lowest BCUT2D eigenvalue weighted by Crippen LogP contribution is -2.00. The molecule has 3 heteroatoms. The average molecular weight is 189 g/mol. The fourth-order valence-electron chi connectivity index (χ4n) is 1.70. The molecule has 0 atom stereocenters. The SMILES string of the molecule is Cc1cccc2c(CCCN)[nH]nc12. The molecule has 0 fully saturated rings. The Hall–Kier alpha value is -1.35. The molecule has 0 unspecified atom stereocenters. The van der Waals surface area contributed by atoms with Gasteiger partial charge in [0.2, 0.25) is 0 Å². The van der Waals surface area contributed by atoms with Gasteiger partial charge in [0.1, 0.15) is 0 Å². The van der Waals surface area contributed by atoms with Gasteiger partial charge in [0.25, 0.3) is 0 Å². The molecule has 0 radical (unpaired) electrons. The number of hydrogen-bond acceptors (Lipinski definition) is 2. The molecule has 0 amide bonds. The van der Waals surface area contributed by atoms with Gasteiger partial charge in [0.05, 0.1) is 5.52 Å². The molecule has 0 saturated heterocycles. The number of aryl methyl sites for hydroxylation is 2. The van der Waals surface area contributed by atoms with Crippen LogP contribution in [0, 0.1) is 6.92 Å². The van der Waals surface area contributed by atoms with E-state index in [9.17, 15) is 0 Å². The largest absolute Gasteiger partial charge is 0.330 e. The van der Waals surface area contributed by atoms with Crippen molar-refractivity contribution in [1.82, 2.24) is 10.2 Å². The van der Waals surface area contributed by atoms with Crippen LogP contribution < -0.4 is 5.73 Å². The molecule has 14 heavy (non-hydrogen) atoms. The lowest BCUT2D eigenvalue weighted by atomic mass is 10.1. The summed E-state index contributed by atoms with van der Waals surface area (Å²) in [6.07, 6.45) is 1.99. The maximum atomic E-state index is 5.48. The van der Waals surface area contributed by atoms with Crippen molar-refractivity contribution in [2.45, 2.75) is 19.8 Å². The molecule has 1 aromatic carbocycles. The van der Waals surface area contributed by atoms with Gasteiger partial charge in [-0.25, -0.2) is 0 Å². The summed E-state index contributed by atoms with van der Waals surface area (Å²) in [5.74, 6) is 0. The van der Waals surface area contributed by atoms with Gasteiger partial charge < -0.3 is 5.73 Å². The first kappa shape index (κ1) is 9.21. The Bertz CT molecular complexity index is 431. The minimum Gasteiger partial charge on any atom is -0.330 e. The quantitative estimate of drug-likeness (QED) is 0.773. The zero-order chi connectivity index (χ0) is 9.97. The van der Waals surface area contributed by atoms with Gasteiger partial charge in [-0.1, -0.05) is 18.2 Å². The maximum absolute atomic E-state index is 5.48. The van der Waals surface area contributed by atoms with Gasteiger partial charge in [0, 0.05) is 11.1 Å². The van der Waals surface area contributed by atoms with E-state index in [0.29, 0.717) is 0 Å². The van der Waals surface area contributed by atoms with Crippen LogP contribution in [0.25, 0.3) is 10.9 Å². The van der Waals surface area contributed by atoms with Gasteiger partial charge in [-0.3, -0.25) is 5.10 Å². The zero-order valence-electron chi connectivity index (χ0n) is 8.38. The fraction of sp³-hybridized carbons (Fsp3) is 0.364. The number of aromatic amines is 1. The molecule has 74 valence electrons. The normalized spacial score (nSPS) is 11.0. The third-order valence-electron chi connectivity index (χ3n) is 2.50. The Kier molecular flexibility index (Phi) is 2.50. The number of nitrogens with zero attached hydrogens (tertiary/aromatic N) is 1. The number of para-hydroxylation sites is 1. The first-order chi connectivity index (χ1) is 6.83. The molecule has 0 aliphatic carbocycles. The second-order valence-electron chi connectivity index (χ2n) is 3.57. The van der Waals surface area contributed by atoms with E-state index in [0.717, 1.165) is 24.9 Å². The Morgan fingerprint density at radius 1 is 1.43 bits per heavy atom. The van der Waals surface area contributed by atoms with E-state index in [2.05, 4.69) is 35.3 Å². The first-order valence-corrected chi connectivity index (χ1v) is 4.95. The van der Waals surface area contributed by atoms with E-state index < -0.39 is 0 Å². The monoisotopic (exact) mass is 189 g/mol. The summed E-state index contributed by atoms with van der Waals surface area (Å²) < 4.78 is 0. The van der Waals surface area contributed by atoms with Gasteiger partial charge in [-0.15, -0.1) is 0 Å². The molecule has 0 bridgehead atoms. The fourth-order valence-corrected chi connectivity index (χ4v) is 1.70. The zero-order valence-corrected chi connectivity index (χ0v) is 8.38. The number of nitrogens with one attached hydrogen (secondary N) is 1. The molecule has 0 aliphatic rings. The Balaban J connectivity index is 2.42. The van der Waals surface area contributed by atoms with Crippen molar-refractivity contribution in [2.75, 3.05) is 6.54 Å². The van der Waals surface area contributed by atoms with Gasteiger partial charge in [-0.2, -0.15) is 5.10 Å². The highest BCUT2D eigenvalue weighted by atomic mass is 15.1. The number of nitrogens with two attached hydrogens (primary N) is 1. The van der Waals surface area contributed by atoms with Crippen molar-refractivity contribution in [3.63, 3.8) is 0 Å². The molecule has 3 N–H and O–H groups in total. The predicted octanol–water partition coefficient (Wildman–Crippen LogP) is 1.76. The van der Waals surface area contributed by atoms with Crippen molar-refractivity contribution in [1.29, 1.82) is 0 Å². The van der Waals surface area contributed by atoms with Crippen LogP contribution >= 0.6 is 0 Å². The van der Waals surface area contributed by atoms with E-state index in [-0.39, 0.29) is 0 Å². The third-order valence-corrected chi connectivity index (χ3v) is 2.50. The van der Waals surface area contributed by atoms with E-state index in [1.165, 1.54) is 16.6 Å². The van der Waals surface area contributed by atoms with Crippen LogP contribution in [0.2, 0.25) is 0 Å². The molecule has 1 aromatic heterocycles. The third kappa shape index (κ3) is 1.51. The van der Waals surface area contributed by atoms with Crippen molar-refractivity contribution in [3.05, 3.63) is 29.5 Å². The van der Waals surface area contributed by atoms with Gasteiger partial charge >= 0.3 is 0 Å². The highest BCUT2D eigenvalue weighted by Gasteiger charge is 2.05. The summed E-state index contributed by atoms with van der Waals surface area (Å²) in [7, 11) is 0. The molecule has 1 heterocycles. The van der Waals surface area contributed by atoms with E-state index in [1.807, 2.05) is 0 Å². The number of H-pyrrole nitrogens is 1. The number of aromatic nitrogens is 2. The van der Waals surface area contributed by atoms with Crippen LogP contribution in [0.4, 0.5) is 0 Å². The maximum Gasteiger partial charge on any atom is 0.0952 e. The van der Waals surface area contributed by atoms with E-state index >= 15 is 0 Å². The molecule has 0 saturated carbocycles. The molecule has 0 spiro atoms. The molecule has 2 rings (SSSR count). The number of benzene rings is 1. The number of rotatable bonds is 3. The van der Waals surface area contributed by atoms with Crippen LogP contribution in [0.1, 0.15) is 17.7 Å². The topological polar surface area (TPSA) is 54.7 Å². The smallest absolute Gasteiger partial charge is 0.0952 e. The van der Waals surface area contributed by atoms with Crippen molar-refractivity contribution < 1.29 is 0 Å². The summed E-state index contributed by atoms with van der Waals surface area (Å²) in [6.45, 7) is 2.81. The van der Waals surface area contributed by atoms with Crippen molar-refractivity contribution in [3.8, 4) is 0 Å². The van der Waals surface area contributed by atoms with Crippen LogP contribution in [-0.2, 0) is 6.42 Å². The average Bonchev–Trinajstić information content (AvgIpc) is 2.60. The summed E-state index contributed by atoms with van der Waals surface area (Å²) in [6, 6.07) is 6.26. The summed E-state index contributed by atoms with van der Waals surface area (Å²) in [5, 5.41) is 8.62. The van der Waals surface area contributed by atoms with Crippen molar-refractivity contribution >= 4 is 10.9 Å². The summed E-state index contributed by atoms with van der Waals surface area (Å²) in [5.41, 5.74) is 8.99. The lowest BCUT2D eigenvalue weighted by Gasteiger charge is -1.96. The predicted molar refractivity (Wildman–Crippen MR) is 58.2 cm³/mol. The molecule has 2 aromatic rings. The van der Waals surface area contributed by atoms with Crippen molar-refractivity contribution in [2.24, 2.45) is 5.73 Å². The number of hydrogen-bond donors (Lipinski definition) is 2. The number of fused-ring (bicyclic) bond motifs is 1. The van der Waals surface area contributed by atoms with Crippen LogP contribution in [0.5, 0.6) is 0 Å². The van der Waals surface area contributed by atoms with E-state index in [4.69, 9.17) is 5.73 Å². The molecule has 3 nitrogen and oxygen atoms in total. The summed E-state index contributed by atoms with van der Waals surface area (Å²) in [4.78, 5) is 0. The first-order valence-electron chi connectivity index (χ1n) is 4.95. The molecule has 0 aliphatic heterocycles. The van der Waals surface area contributed by atoms with Gasteiger partial charge in [0.15, 0.2) is 0 Å². The van der Waals surface area contributed by atoms with E-state index in [1.54, 1.807) is 0 Å². The minimum absolute atomic E-state index is 0.729. The highest BCUT2D eigenvalue weighted by Crippen LogP contribution is 2.19. The Morgan fingerprint density at radius 2 is 2.29 bits per heavy atom. The van der Waals surface area contributed by atoms with Crippen LogP contribution in [0.3, 0.4) is 0 Å². The minimum atomic E-state index is 0.729. The Labute approximate surface area is 83.3 Å². The van der Waals surface area contributed by atoms with Gasteiger partial charge in [-0.05, 0) is 31.9 Å². The summed E-state index contributed by atoms with van der Waals surface area (Å²) >= 11 is 0. The Morgan fingerprint density at radius 3 is 3.07 bits per heavy atom. The molecular formula is C11H15N3.